The second-order valence-corrected chi connectivity index (χ2v) is 8.35. The summed E-state index contributed by atoms with van der Waals surface area (Å²) in [4.78, 5) is 4.49. The number of rotatable bonds is 6. The fourth-order valence-electron chi connectivity index (χ4n) is 2.54. The third-order valence-corrected chi connectivity index (χ3v) is 4.40. The zero-order chi connectivity index (χ0) is 16.8. The topological polar surface area (TPSA) is 103 Å². The zero-order valence-electron chi connectivity index (χ0n) is 14.4. The van der Waals surface area contributed by atoms with Crippen molar-refractivity contribution in [1.82, 2.24) is 15.4 Å². The number of nitrogens with one attached hydrogen (secondary N) is 3. The van der Waals surface area contributed by atoms with Crippen molar-refractivity contribution in [2.24, 2.45) is 4.99 Å². The first-order valence-electron chi connectivity index (χ1n) is 7.83. The quantitative estimate of drug-likeness (QED) is 0.266. The molecular weight excluding hydrogens is 431 g/mol. The Bertz CT molecular complexity index is 474. The molecule has 1 saturated carbocycles. The highest BCUT2D eigenvalue weighted by Crippen LogP contribution is 2.18. The van der Waals surface area contributed by atoms with Gasteiger partial charge in [-0.25, -0.2) is 13.1 Å². The van der Waals surface area contributed by atoms with Crippen LogP contribution < -0.4 is 15.4 Å². The van der Waals surface area contributed by atoms with Gasteiger partial charge in [0, 0.05) is 18.1 Å². The van der Waals surface area contributed by atoms with Gasteiger partial charge < -0.3 is 15.7 Å². The maximum Gasteiger partial charge on any atom is 0.209 e. The van der Waals surface area contributed by atoms with Crippen molar-refractivity contribution in [3.63, 3.8) is 0 Å². The van der Waals surface area contributed by atoms with Crippen molar-refractivity contribution in [1.29, 1.82) is 0 Å². The van der Waals surface area contributed by atoms with E-state index in [-0.39, 0.29) is 30.1 Å². The van der Waals surface area contributed by atoms with E-state index in [4.69, 9.17) is 0 Å². The largest absolute Gasteiger partial charge is 0.393 e. The molecule has 1 aliphatic rings. The highest BCUT2D eigenvalue weighted by molar-refractivity contribution is 14.0. The zero-order valence-corrected chi connectivity index (χ0v) is 17.6. The van der Waals surface area contributed by atoms with E-state index >= 15 is 0 Å². The molecule has 0 bridgehead atoms. The van der Waals surface area contributed by atoms with E-state index in [1.165, 1.54) is 0 Å². The van der Waals surface area contributed by atoms with Crippen LogP contribution in [-0.2, 0) is 10.0 Å². The Morgan fingerprint density at radius 2 is 1.83 bits per heavy atom. The summed E-state index contributed by atoms with van der Waals surface area (Å²) in [6, 6.07) is 0.298. The summed E-state index contributed by atoms with van der Waals surface area (Å²) in [7, 11) is -3.26. The molecule has 138 valence electrons. The van der Waals surface area contributed by atoms with Crippen molar-refractivity contribution in [2.75, 3.05) is 19.3 Å². The normalized spacial score (nSPS) is 23.1. The van der Waals surface area contributed by atoms with Crippen molar-refractivity contribution < 1.29 is 13.5 Å². The molecule has 1 rings (SSSR count). The number of hydrogen-bond donors (Lipinski definition) is 4. The van der Waals surface area contributed by atoms with Gasteiger partial charge in [-0.2, -0.15) is 0 Å². The monoisotopic (exact) mass is 462 g/mol. The van der Waals surface area contributed by atoms with Gasteiger partial charge in [-0.1, -0.05) is 0 Å². The summed E-state index contributed by atoms with van der Waals surface area (Å²) in [6.07, 6.45) is 4.40. The molecular formula is C14H31IN4O3S. The second kappa shape index (κ2) is 10.00. The lowest BCUT2D eigenvalue weighted by atomic mass is 9.93. The predicted octanol–water partition coefficient (Wildman–Crippen LogP) is 0.791. The summed E-state index contributed by atoms with van der Waals surface area (Å²) in [5.74, 6) is 0.687. The van der Waals surface area contributed by atoms with Crippen molar-refractivity contribution in [3.05, 3.63) is 0 Å². The number of nitrogens with zero attached hydrogens (tertiary/aromatic N) is 1. The number of aliphatic imine (C=N–C) groups is 1. The Kier molecular flexibility index (Phi) is 9.94. The van der Waals surface area contributed by atoms with Crippen LogP contribution in [0, 0.1) is 0 Å². The summed E-state index contributed by atoms with van der Waals surface area (Å²) in [6.45, 7) is 6.67. The van der Waals surface area contributed by atoms with Gasteiger partial charge in [-0.15, -0.1) is 24.0 Å². The van der Waals surface area contributed by atoms with Gasteiger partial charge in [0.2, 0.25) is 10.0 Å². The van der Waals surface area contributed by atoms with Crippen LogP contribution in [0.15, 0.2) is 4.99 Å². The molecule has 0 radical (unpaired) electrons. The van der Waals surface area contributed by atoms with Gasteiger partial charge in [0.1, 0.15) is 0 Å². The lowest BCUT2D eigenvalue weighted by Gasteiger charge is -2.28. The van der Waals surface area contributed by atoms with Gasteiger partial charge in [0.25, 0.3) is 0 Å². The van der Waals surface area contributed by atoms with Crippen LogP contribution >= 0.6 is 24.0 Å². The molecule has 0 spiro atoms. The van der Waals surface area contributed by atoms with E-state index in [0.717, 1.165) is 38.5 Å². The van der Waals surface area contributed by atoms with Crippen molar-refractivity contribution in [2.45, 2.75) is 64.1 Å². The van der Waals surface area contributed by atoms with Crippen LogP contribution in [-0.4, -0.2) is 56.5 Å². The SMILES string of the molecule is CCNC(=NCC(C)(C)NS(C)(=O)=O)NC1CCC(O)CC1.I. The fraction of sp³-hybridized carbons (Fsp3) is 0.929. The van der Waals surface area contributed by atoms with Gasteiger partial charge in [-0.3, -0.25) is 4.99 Å². The molecule has 0 amide bonds. The number of halogens is 1. The molecule has 4 N–H and O–H groups in total. The Morgan fingerprint density at radius 1 is 1.26 bits per heavy atom. The molecule has 7 nitrogen and oxygen atoms in total. The first-order chi connectivity index (χ1) is 10.1. The van der Waals surface area contributed by atoms with Crippen molar-refractivity contribution in [3.8, 4) is 0 Å². The highest BCUT2D eigenvalue weighted by atomic mass is 127. The number of aliphatic hydroxyl groups excluding tert-OH is 1. The molecule has 0 unspecified atom stereocenters. The van der Waals surface area contributed by atoms with Gasteiger partial charge >= 0.3 is 0 Å². The standard InChI is InChI=1S/C14H30N4O3S.HI/c1-5-15-13(17-11-6-8-12(19)9-7-11)16-10-14(2,3)18-22(4,20)21;/h11-12,18-19H,5-10H2,1-4H3,(H2,15,16,17);1H. The maximum atomic E-state index is 11.4. The van der Waals surface area contributed by atoms with Crippen LogP contribution in [0.1, 0.15) is 46.5 Å². The first-order valence-corrected chi connectivity index (χ1v) is 9.72. The molecule has 0 aromatic carbocycles. The predicted molar refractivity (Wildman–Crippen MR) is 105 cm³/mol. The average Bonchev–Trinajstić information content (AvgIpc) is 2.36. The van der Waals surface area contributed by atoms with E-state index < -0.39 is 15.6 Å². The lowest BCUT2D eigenvalue weighted by molar-refractivity contribution is 0.120. The molecule has 0 aromatic heterocycles. The van der Waals surface area contributed by atoms with Crippen LogP contribution in [0.3, 0.4) is 0 Å². The maximum absolute atomic E-state index is 11.4. The molecule has 0 saturated heterocycles. The smallest absolute Gasteiger partial charge is 0.209 e. The van der Waals surface area contributed by atoms with E-state index in [1.807, 2.05) is 6.92 Å². The molecule has 1 fully saturated rings. The summed E-state index contributed by atoms with van der Waals surface area (Å²) in [5.41, 5.74) is -0.640. The fourth-order valence-corrected chi connectivity index (χ4v) is 3.61. The highest BCUT2D eigenvalue weighted by Gasteiger charge is 2.23. The Labute approximate surface area is 157 Å². The van der Waals surface area contributed by atoms with E-state index in [2.05, 4.69) is 20.3 Å². The second-order valence-electron chi connectivity index (χ2n) is 6.60. The molecule has 23 heavy (non-hydrogen) atoms. The first kappa shape index (κ1) is 22.9. The average molecular weight is 462 g/mol. The molecule has 0 aromatic rings. The molecule has 0 aliphatic heterocycles. The number of sulfonamides is 1. The molecule has 9 heteroatoms. The summed E-state index contributed by atoms with van der Waals surface area (Å²) in [5, 5.41) is 16.1. The number of hydrogen-bond acceptors (Lipinski definition) is 4. The van der Waals surface area contributed by atoms with E-state index in [9.17, 15) is 13.5 Å². The number of aliphatic hydroxyl groups is 1. The molecule has 0 heterocycles. The minimum atomic E-state index is -3.26. The van der Waals surface area contributed by atoms with Crippen LogP contribution in [0.5, 0.6) is 0 Å². The van der Waals surface area contributed by atoms with Crippen LogP contribution in [0.25, 0.3) is 0 Å². The van der Waals surface area contributed by atoms with E-state index in [0.29, 0.717) is 18.5 Å². The molecule has 0 atom stereocenters. The van der Waals surface area contributed by atoms with Crippen LogP contribution in [0.2, 0.25) is 0 Å². The molecule has 1 aliphatic carbocycles. The Morgan fingerprint density at radius 3 is 2.30 bits per heavy atom. The number of guanidine groups is 1. The third kappa shape index (κ3) is 10.4. The van der Waals surface area contributed by atoms with Crippen molar-refractivity contribution >= 4 is 40.0 Å². The van der Waals surface area contributed by atoms with Gasteiger partial charge in [-0.05, 0) is 46.5 Å². The lowest BCUT2D eigenvalue weighted by Crippen LogP contribution is -2.48. The minimum Gasteiger partial charge on any atom is -0.393 e. The third-order valence-electron chi connectivity index (χ3n) is 3.48. The van der Waals surface area contributed by atoms with E-state index in [1.54, 1.807) is 13.8 Å². The van der Waals surface area contributed by atoms with Crippen LogP contribution in [0.4, 0.5) is 0 Å². The van der Waals surface area contributed by atoms with Gasteiger partial charge in [0.05, 0.1) is 18.9 Å². The summed E-state index contributed by atoms with van der Waals surface area (Å²) < 4.78 is 25.3. The minimum absolute atomic E-state index is 0. The Balaban J connectivity index is 0.00000484. The van der Waals surface area contributed by atoms with Gasteiger partial charge in [0.15, 0.2) is 5.96 Å². The Hall–Kier alpha value is -0.130. The summed E-state index contributed by atoms with van der Waals surface area (Å²) >= 11 is 0.